The number of aromatic hydroxyl groups is 2. The van der Waals surface area contributed by atoms with Gasteiger partial charge in [-0.2, -0.15) is 0 Å². The van der Waals surface area contributed by atoms with Crippen LogP contribution >= 0.6 is 22.7 Å². The van der Waals surface area contributed by atoms with Crippen LogP contribution in [0, 0.1) is 24.7 Å². The summed E-state index contributed by atoms with van der Waals surface area (Å²) >= 11 is 3.14. The lowest BCUT2D eigenvalue weighted by atomic mass is 9.85. The van der Waals surface area contributed by atoms with Crippen LogP contribution in [0.2, 0.25) is 0 Å². The zero-order chi connectivity index (χ0) is 88.4. The summed E-state index contributed by atoms with van der Waals surface area (Å²) in [6.45, 7) is 23.6. The van der Waals surface area contributed by atoms with E-state index in [1.165, 1.54) is 9.80 Å². The topological polar surface area (TPSA) is 442 Å². The average molecular weight is 1730 g/mol. The predicted octanol–water partition coefficient (Wildman–Crippen LogP) is 7.37. The third-order valence-corrected chi connectivity index (χ3v) is 24.2. The van der Waals surface area contributed by atoms with Crippen LogP contribution in [0.3, 0.4) is 0 Å². The number of carbonyl (C=O) groups is 8. The van der Waals surface area contributed by atoms with E-state index in [1.807, 2.05) is 140 Å². The Labute approximate surface area is 724 Å². The molecule has 8 amide bonds. The number of aromatic nitrogens is 6. The molecule has 0 unspecified atom stereocenters. The fourth-order valence-corrected chi connectivity index (χ4v) is 16.8. The number of β-amino-alcohol motifs (C(OH)–C–C–N with tert-alkyl or cyclic N) is 2. The Bertz CT molecular complexity index is 4970. The van der Waals surface area contributed by atoms with Gasteiger partial charge in [0, 0.05) is 102 Å². The Morgan fingerprint density at radius 2 is 0.829 bits per heavy atom. The van der Waals surface area contributed by atoms with E-state index >= 15 is 0 Å². The molecule has 4 aromatic heterocycles. The van der Waals surface area contributed by atoms with Gasteiger partial charge in [-0.25, -0.2) is 9.97 Å². The molecular formula is C88H114N18O15S2. The van der Waals surface area contributed by atoms with Crippen molar-refractivity contribution in [2.24, 2.45) is 10.8 Å². The van der Waals surface area contributed by atoms with Crippen molar-refractivity contribution in [2.45, 2.75) is 156 Å². The first-order chi connectivity index (χ1) is 58.7. The van der Waals surface area contributed by atoms with Crippen LogP contribution in [-0.2, 0) is 52.6 Å². The van der Waals surface area contributed by atoms with Crippen LogP contribution in [0.15, 0.2) is 120 Å². The highest BCUT2D eigenvalue weighted by Gasteiger charge is 2.47. The van der Waals surface area contributed by atoms with Crippen molar-refractivity contribution in [3.05, 3.63) is 143 Å². The Hall–Kier alpha value is -11.3. The number of nitrogen functional groups attached to an aromatic ring is 2. The number of para-hydroxylation sites is 2. The number of hydrogen-bond acceptors (Lipinski definition) is 27. The molecule has 4 fully saturated rings. The van der Waals surface area contributed by atoms with E-state index in [-0.39, 0.29) is 156 Å². The first-order valence-corrected chi connectivity index (χ1v) is 43.3. The molecule has 123 heavy (non-hydrogen) atoms. The summed E-state index contributed by atoms with van der Waals surface area (Å²) in [4.78, 5) is 129. The molecule has 0 radical (unpaired) electrons. The molecule has 33 nitrogen and oxygen atoms in total. The maximum absolute atomic E-state index is 14.0. The molecule has 4 aliphatic heterocycles. The number of benzene rings is 4. The zero-order valence-corrected chi connectivity index (χ0v) is 73.0. The number of anilines is 4. The van der Waals surface area contributed by atoms with Crippen molar-refractivity contribution in [1.29, 1.82) is 0 Å². The van der Waals surface area contributed by atoms with Crippen LogP contribution in [0.25, 0.3) is 43.4 Å². The largest absolute Gasteiger partial charge is 0.507 e. The number of phenols is 2. The summed E-state index contributed by atoms with van der Waals surface area (Å²) in [6, 6.07) is 28.7. The summed E-state index contributed by atoms with van der Waals surface area (Å²) in [7, 11) is 0. The molecule has 12 N–H and O–H groups in total. The second-order valence-electron chi connectivity index (χ2n) is 33.4. The smallest absolute Gasteiger partial charge is 0.246 e. The number of piperazine rings is 2. The number of amides is 8. The highest BCUT2D eigenvalue weighted by molar-refractivity contribution is 7.13. The van der Waals surface area contributed by atoms with E-state index in [2.05, 4.69) is 56.5 Å². The fraction of sp³-hybridized carbons (Fsp3) is 0.477. The number of nitrogens with zero attached hydrogens (tertiary/aromatic N) is 12. The molecule has 12 rings (SSSR count). The van der Waals surface area contributed by atoms with Crippen LogP contribution in [0.4, 0.5) is 23.0 Å². The van der Waals surface area contributed by atoms with Gasteiger partial charge >= 0.3 is 0 Å². The summed E-state index contributed by atoms with van der Waals surface area (Å²) in [5, 5.41) is 69.9. The van der Waals surface area contributed by atoms with E-state index in [4.69, 9.17) is 25.7 Å². The molecule has 35 heteroatoms. The molecule has 0 spiro atoms. The number of ether oxygens (including phenoxy) is 3. The highest BCUT2D eigenvalue weighted by Crippen LogP contribution is 2.37. The minimum atomic E-state index is -0.971. The van der Waals surface area contributed by atoms with E-state index in [9.17, 15) is 58.8 Å². The van der Waals surface area contributed by atoms with E-state index in [1.54, 1.807) is 87.1 Å². The van der Waals surface area contributed by atoms with Crippen molar-refractivity contribution in [3.8, 4) is 54.9 Å². The van der Waals surface area contributed by atoms with Gasteiger partial charge in [0.15, 0.2) is 11.6 Å². The first-order valence-electron chi connectivity index (χ1n) is 41.5. The lowest BCUT2D eigenvalue weighted by Crippen LogP contribution is -2.58. The number of nitrogens with one attached hydrogen (secondary N) is 4. The highest BCUT2D eigenvalue weighted by atomic mass is 32.1. The van der Waals surface area contributed by atoms with Gasteiger partial charge in [0.05, 0.1) is 132 Å². The van der Waals surface area contributed by atoms with Gasteiger partial charge in [-0.1, -0.05) is 114 Å². The predicted molar refractivity (Wildman–Crippen MR) is 468 cm³/mol. The number of thiazole rings is 2. The third-order valence-electron chi connectivity index (χ3n) is 22.3. The van der Waals surface area contributed by atoms with Crippen LogP contribution in [0.1, 0.15) is 129 Å². The monoisotopic (exact) mass is 1730 g/mol. The van der Waals surface area contributed by atoms with Gasteiger partial charge in [0.25, 0.3) is 0 Å². The van der Waals surface area contributed by atoms with Gasteiger partial charge in [0.1, 0.15) is 35.7 Å². The maximum atomic E-state index is 14.0. The molecule has 8 atom stereocenters. The molecule has 4 aliphatic rings. The molecule has 4 aromatic carbocycles. The maximum Gasteiger partial charge on any atom is 0.246 e. The minimum absolute atomic E-state index is 0.00697. The van der Waals surface area contributed by atoms with E-state index in [0.29, 0.717) is 86.2 Å². The number of aryl methyl sites for hydroxylation is 2. The second-order valence-corrected chi connectivity index (χ2v) is 35.1. The van der Waals surface area contributed by atoms with Crippen LogP contribution in [0.5, 0.6) is 11.5 Å². The van der Waals surface area contributed by atoms with Crippen LogP contribution in [-0.4, -0.2) is 259 Å². The molecule has 8 aromatic rings. The number of carbonyl (C=O) groups excluding carboxylic acids is 8. The lowest BCUT2D eigenvalue weighted by molar-refractivity contribution is -0.144. The third kappa shape index (κ3) is 24.3. The molecule has 0 aliphatic carbocycles. The van der Waals surface area contributed by atoms with Gasteiger partial charge in [-0.3, -0.25) is 38.4 Å². The Morgan fingerprint density at radius 1 is 0.480 bits per heavy atom. The molecule has 658 valence electrons. The number of likely N-dealkylation sites (tertiary alicyclic amines) is 2. The molecule has 4 saturated heterocycles. The molecule has 8 heterocycles. The van der Waals surface area contributed by atoms with Gasteiger partial charge < -0.3 is 96.8 Å². The Morgan fingerprint density at radius 3 is 1.17 bits per heavy atom. The minimum Gasteiger partial charge on any atom is -0.507 e. The first kappa shape index (κ1) is 92.4. The van der Waals surface area contributed by atoms with E-state index in [0.717, 1.165) is 43.4 Å². The van der Waals surface area contributed by atoms with Crippen molar-refractivity contribution in [3.63, 3.8) is 0 Å². The van der Waals surface area contributed by atoms with Crippen molar-refractivity contribution in [2.75, 3.05) is 126 Å². The standard InChI is InChI=1S/C45H59N9O8S.C43H55N9O7S/c1-28(30-10-12-31(13-11-30)40-29(2)47-27-63-40)48-43(59)36-24-32(55)26-54(36)44(60)41(45(3,4)5)49-38(57)14-20-61-22-23-62-21-15-39(58)53-18-16-52(17-19-53)35-25-34(50-51-42(35)46)33-8-6-7-9-37(33)56;1-26(28-10-12-29(13-11-28)38-27(2)45-25-60-38)46-41(57)34-22-30(53)24-52(34)42(58)39(43(3,4)5)47-36(55)14-20-59-21-15-37(56)51-18-16-50(17-19-51)33-23-32(48-49-40(33)44)31-8-6-7-9-35(31)54/h6-13,25,27-28,32,36,41,55-56H,14-24,26H2,1-5H3,(H2,46,51)(H,48,59)(H,49,57);6-13,23,25-26,30,34,39,53-54H,14-22,24H2,1-5H3,(H2,44,49)(H,46,57)(H,47,55)/t28-,32+,36-,41+;26-,30+,34-,39+/m01/s1. The Kier molecular flexibility index (Phi) is 31.7. The van der Waals surface area contributed by atoms with Crippen molar-refractivity contribution >= 4 is 92.9 Å². The van der Waals surface area contributed by atoms with Gasteiger partial charge in [-0.05, 0) is 97.2 Å². The van der Waals surface area contributed by atoms with Crippen molar-refractivity contribution < 1.29 is 73.0 Å². The number of hydrogen-bond donors (Lipinski definition) is 10. The fourth-order valence-electron chi connectivity index (χ4n) is 15.2. The molecular weight excluding hydrogens is 1610 g/mol. The summed E-state index contributed by atoms with van der Waals surface area (Å²) in [6.07, 6.45) is -1.30. The van der Waals surface area contributed by atoms with Gasteiger partial charge in [-0.15, -0.1) is 43.1 Å². The number of aliphatic hydroxyl groups is 2. The average Bonchev–Trinajstić information content (AvgIpc) is 1.76. The zero-order valence-electron chi connectivity index (χ0n) is 71.3. The SMILES string of the molecule is Cc1ncsc1-c1ccc([C@@H](C)NC(=O)[C@H]2C[C@H](O)CN2C(=O)[C@H](NC(=O)CCOCCC(=O)N2CCN(c3cc(-c4ccccc4O)nnc3N)CC2)C(C)(C)C)cc1.Cc1ncsc1-c1ccc([C@H](C)NC(=O)[C@@H]2C[C@@H](O)CN2C(=O)[C@@H](NC(=O)CCOCCOCCC(=O)N2CCN(c3cc(-c4ccccc4O)nnc3N)CC2)C(C)(C)C)cc1. The Balaban J connectivity index is 0.000000240. The summed E-state index contributed by atoms with van der Waals surface area (Å²) in [5.74, 6) is -1.82. The molecule has 0 saturated carbocycles. The molecule has 0 bridgehead atoms. The quantitative estimate of drug-likeness (QED) is 0.0189. The van der Waals surface area contributed by atoms with Crippen molar-refractivity contribution in [1.82, 2.24) is 71.2 Å². The normalized spacial score (nSPS) is 17.8. The summed E-state index contributed by atoms with van der Waals surface area (Å²) in [5.41, 5.74) is 23.8. The number of nitrogens with two attached hydrogens (primary N) is 2. The van der Waals surface area contributed by atoms with Gasteiger partial charge in [0.2, 0.25) is 47.3 Å². The number of rotatable bonds is 31. The second kappa shape index (κ2) is 42.2. The number of phenolic OH excluding ortho intramolecular Hbond substituents is 2. The lowest BCUT2D eigenvalue weighted by Gasteiger charge is -2.36. The number of aliphatic hydroxyl groups excluding tert-OH is 2. The summed E-state index contributed by atoms with van der Waals surface area (Å²) < 4.78 is 16.9. The van der Waals surface area contributed by atoms with E-state index < -0.39 is 64.9 Å². The van der Waals surface area contributed by atoms with Crippen LogP contribution < -0.4 is 42.5 Å².